The van der Waals surface area contributed by atoms with Crippen LogP contribution in [0.3, 0.4) is 0 Å². The summed E-state index contributed by atoms with van der Waals surface area (Å²) in [4.78, 5) is 43.9. The smallest absolute Gasteiger partial charge is 0.308 e. The van der Waals surface area contributed by atoms with Crippen LogP contribution < -0.4 is 21.3 Å². The zero-order valence-electron chi connectivity index (χ0n) is 32.4. The van der Waals surface area contributed by atoms with Crippen LogP contribution in [0.25, 0.3) is 0 Å². The molecule has 16 heteroatoms. The van der Waals surface area contributed by atoms with E-state index in [-0.39, 0.29) is 47.1 Å². The molecule has 320 valence electrons. The predicted molar refractivity (Wildman–Crippen MR) is 223 cm³/mol. The SMILES string of the molecule is O=C(O)C1CNCC1c1cccc(F)c1.O=C(O)[C@H]1CNC[C@@H]1c1ccc(F)cc1.O=C(O)[C@H]1CNC[C@@H]1c1cccc(Cl)c1.O=C(O)[C@H]1CNC[C@@H]1c1ccccc1Cl. The minimum absolute atomic E-state index is 0.0174. The molecule has 0 aromatic heterocycles. The standard InChI is InChI=1S/2C11H12ClNO2.2C11H12FNO2/c12-8-3-1-2-7(4-8)9-5-13-6-10(9)11(14)15;12-10-4-2-1-3-7(10)8-5-13-6-9(8)11(14)15;12-8-3-1-7(2-4-8)9-5-13-6-10(9)11(14)15;12-8-3-1-2-7(4-8)9-5-13-6-10(9)11(14)15/h1-4,9-10,13H,5-6H2,(H,14,15);1-4,8-9,13H,5-6H2,(H,14,15);2*1-4,9-10,13H,5-6H2,(H,14,15)/t9-,10+;8-,9+;9-,10+;/m111./s1. The van der Waals surface area contributed by atoms with Gasteiger partial charge in [0.25, 0.3) is 0 Å². The Labute approximate surface area is 356 Å². The van der Waals surface area contributed by atoms with Gasteiger partial charge in [0, 0.05) is 86.1 Å². The van der Waals surface area contributed by atoms with Gasteiger partial charge in [0.1, 0.15) is 11.6 Å². The molecule has 0 saturated carbocycles. The number of rotatable bonds is 8. The van der Waals surface area contributed by atoms with Crippen molar-refractivity contribution in [1.29, 1.82) is 0 Å². The number of benzene rings is 4. The van der Waals surface area contributed by atoms with E-state index in [9.17, 15) is 28.0 Å². The second kappa shape index (κ2) is 22.0. The lowest BCUT2D eigenvalue weighted by molar-refractivity contribution is -0.142. The summed E-state index contributed by atoms with van der Waals surface area (Å²) in [5.74, 6) is -5.48. The van der Waals surface area contributed by atoms with E-state index in [1.165, 1.54) is 24.3 Å². The van der Waals surface area contributed by atoms with Crippen molar-refractivity contribution in [2.24, 2.45) is 23.7 Å². The van der Waals surface area contributed by atoms with Crippen LogP contribution in [-0.2, 0) is 19.2 Å². The van der Waals surface area contributed by atoms with Crippen molar-refractivity contribution in [2.75, 3.05) is 52.4 Å². The van der Waals surface area contributed by atoms with E-state index < -0.39 is 35.7 Å². The molecule has 8 rings (SSSR count). The summed E-state index contributed by atoms with van der Waals surface area (Å²) in [6.07, 6.45) is 0. The van der Waals surface area contributed by atoms with Crippen LogP contribution in [0.15, 0.2) is 97.1 Å². The van der Waals surface area contributed by atoms with Gasteiger partial charge in [-0.3, -0.25) is 19.2 Å². The average molecular weight is 870 g/mol. The van der Waals surface area contributed by atoms with Crippen LogP contribution in [0.4, 0.5) is 8.78 Å². The highest BCUT2D eigenvalue weighted by atomic mass is 35.5. The molecule has 4 fully saturated rings. The summed E-state index contributed by atoms with van der Waals surface area (Å²) >= 11 is 11.9. The molecule has 4 aromatic carbocycles. The van der Waals surface area contributed by atoms with Crippen molar-refractivity contribution in [3.05, 3.63) is 141 Å². The number of carboxylic acid groups (broad SMARTS) is 4. The van der Waals surface area contributed by atoms with Crippen molar-refractivity contribution >= 4 is 47.1 Å². The number of hydrogen-bond donors (Lipinski definition) is 8. The number of halogens is 4. The number of hydrogen-bond acceptors (Lipinski definition) is 8. The Morgan fingerprint density at radius 3 is 1.32 bits per heavy atom. The topological polar surface area (TPSA) is 197 Å². The molecule has 2 unspecified atom stereocenters. The van der Waals surface area contributed by atoms with Crippen LogP contribution in [-0.4, -0.2) is 96.7 Å². The molecule has 8 N–H and O–H groups in total. The van der Waals surface area contributed by atoms with Gasteiger partial charge in [-0.15, -0.1) is 0 Å². The van der Waals surface area contributed by atoms with Gasteiger partial charge in [0.15, 0.2) is 0 Å². The molecule has 60 heavy (non-hydrogen) atoms. The van der Waals surface area contributed by atoms with Gasteiger partial charge in [0.05, 0.1) is 23.7 Å². The van der Waals surface area contributed by atoms with Crippen molar-refractivity contribution in [3.63, 3.8) is 0 Å². The first kappa shape index (κ1) is 46.1. The third-order valence-corrected chi connectivity index (χ3v) is 11.9. The fraction of sp³-hybridized carbons (Fsp3) is 0.364. The minimum Gasteiger partial charge on any atom is -0.481 e. The van der Waals surface area contributed by atoms with Gasteiger partial charge in [-0.1, -0.05) is 77.8 Å². The van der Waals surface area contributed by atoms with Crippen LogP contribution in [0, 0.1) is 35.3 Å². The van der Waals surface area contributed by atoms with Crippen molar-refractivity contribution in [3.8, 4) is 0 Å². The maximum Gasteiger partial charge on any atom is 0.308 e. The molecule has 0 radical (unpaired) electrons. The third kappa shape index (κ3) is 12.3. The number of carbonyl (C=O) groups is 4. The minimum atomic E-state index is -0.825. The Bertz CT molecular complexity index is 2020. The Morgan fingerprint density at radius 2 is 0.867 bits per heavy atom. The predicted octanol–water partition coefficient (Wildman–Crippen LogP) is 5.88. The highest BCUT2D eigenvalue weighted by Gasteiger charge is 2.37. The summed E-state index contributed by atoms with van der Waals surface area (Å²) in [5, 5.41) is 49.6. The van der Waals surface area contributed by atoms with E-state index in [1.54, 1.807) is 36.4 Å². The van der Waals surface area contributed by atoms with Crippen molar-refractivity contribution < 1.29 is 48.4 Å². The van der Waals surface area contributed by atoms with Crippen LogP contribution in [0.5, 0.6) is 0 Å². The molecular formula is C44H48Cl2F2N4O8. The number of carboxylic acids is 4. The van der Waals surface area contributed by atoms with E-state index >= 15 is 0 Å². The molecule has 0 aliphatic carbocycles. The van der Waals surface area contributed by atoms with Crippen LogP contribution >= 0.6 is 23.2 Å². The fourth-order valence-corrected chi connectivity index (χ4v) is 8.57. The van der Waals surface area contributed by atoms with Crippen molar-refractivity contribution in [2.45, 2.75) is 23.7 Å². The van der Waals surface area contributed by atoms with E-state index in [1.807, 2.05) is 36.4 Å². The first-order valence-electron chi connectivity index (χ1n) is 19.5. The van der Waals surface area contributed by atoms with E-state index in [2.05, 4.69) is 21.3 Å². The molecule has 4 aromatic rings. The molecule has 0 spiro atoms. The lowest BCUT2D eigenvalue weighted by Gasteiger charge is -2.16. The summed E-state index contributed by atoms with van der Waals surface area (Å²) in [7, 11) is 0. The van der Waals surface area contributed by atoms with E-state index in [4.69, 9.17) is 43.6 Å². The fourth-order valence-electron chi connectivity index (χ4n) is 8.09. The normalized spacial score (nSPS) is 25.4. The molecule has 4 heterocycles. The lowest BCUT2D eigenvalue weighted by Crippen LogP contribution is -2.21. The quantitative estimate of drug-likeness (QED) is 0.105. The van der Waals surface area contributed by atoms with Gasteiger partial charge in [0.2, 0.25) is 0 Å². The molecule has 4 aliphatic rings. The van der Waals surface area contributed by atoms with E-state index in [0.29, 0.717) is 62.4 Å². The Balaban J connectivity index is 0.000000152. The molecular weight excluding hydrogens is 821 g/mol. The maximum absolute atomic E-state index is 13.0. The second-order valence-electron chi connectivity index (χ2n) is 15.0. The molecule has 4 aliphatic heterocycles. The number of aliphatic carboxylic acids is 4. The van der Waals surface area contributed by atoms with Crippen LogP contribution in [0.2, 0.25) is 10.0 Å². The first-order valence-corrected chi connectivity index (χ1v) is 20.3. The third-order valence-electron chi connectivity index (χ3n) is 11.3. The molecule has 12 nitrogen and oxygen atoms in total. The average Bonchev–Trinajstić information content (AvgIpc) is 4.06. The van der Waals surface area contributed by atoms with Crippen LogP contribution in [0.1, 0.15) is 45.9 Å². The zero-order chi connectivity index (χ0) is 43.3. The van der Waals surface area contributed by atoms with Crippen molar-refractivity contribution in [1.82, 2.24) is 21.3 Å². The molecule has 0 amide bonds. The highest BCUT2D eigenvalue weighted by Crippen LogP contribution is 2.34. The zero-order valence-corrected chi connectivity index (χ0v) is 34.0. The molecule has 0 bridgehead atoms. The largest absolute Gasteiger partial charge is 0.481 e. The van der Waals surface area contributed by atoms with E-state index in [0.717, 1.165) is 22.3 Å². The second-order valence-corrected chi connectivity index (χ2v) is 15.9. The Kier molecular flexibility index (Phi) is 16.9. The summed E-state index contributed by atoms with van der Waals surface area (Å²) in [6, 6.07) is 27.1. The summed E-state index contributed by atoms with van der Waals surface area (Å²) in [6.45, 7) is 4.62. The summed E-state index contributed by atoms with van der Waals surface area (Å²) < 4.78 is 25.7. The van der Waals surface area contributed by atoms with Gasteiger partial charge in [-0.25, -0.2) is 8.78 Å². The maximum atomic E-state index is 13.0. The number of nitrogens with one attached hydrogen (secondary N) is 4. The first-order chi connectivity index (χ1) is 28.7. The van der Waals surface area contributed by atoms with Gasteiger partial charge in [-0.05, 0) is 64.7 Å². The van der Waals surface area contributed by atoms with Gasteiger partial charge < -0.3 is 41.7 Å². The Morgan fingerprint density at radius 1 is 0.450 bits per heavy atom. The highest BCUT2D eigenvalue weighted by molar-refractivity contribution is 6.31. The Hall–Kier alpha value is -4.96. The van der Waals surface area contributed by atoms with Gasteiger partial charge >= 0.3 is 23.9 Å². The monoisotopic (exact) mass is 868 g/mol. The lowest BCUT2D eigenvalue weighted by atomic mass is 9.89. The summed E-state index contributed by atoms with van der Waals surface area (Å²) in [5.41, 5.74) is 3.57. The molecule has 4 saturated heterocycles. The van der Waals surface area contributed by atoms with Gasteiger partial charge in [-0.2, -0.15) is 0 Å². The molecule has 8 atom stereocenters.